The minimum Gasteiger partial charge on any atom is -0.478 e. The summed E-state index contributed by atoms with van der Waals surface area (Å²) in [5, 5.41) is 11.3. The number of hydrogen-bond acceptors (Lipinski definition) is 3. The van der Waals surface area contributed by atoms with Crippen LogP contribution >= 0.6 is 11.6 Å². The molecule has 0 atom stereocenters. The van der Waals surface area contributed by atoms with E-state index in [1.165, 1.54) is 24.4 Å². The Morgan fingerprint density at radius 1 is 1.32 bits per heavy atom. The first-order valence-electron chi connectivity index (χ1n) is 5.09. The highest BCUT2D eigenvalue weighted by Gasteiger charge is 2.12. The van der Waals surface area contributed by atoms with Crippen LogP contribution in [0.5, 0.6) is 0 Å². The smallest absolute Gasteiger partial charge is 0.337 e. The van der Waals surface area contributed by atoms with Crippen molar-refractivity contribution in [2.45, 2.75) is 0 Å². The van der Waals surface area contributed by atoms with Crippen LogP contribution in [0.4, 0.5) is 5.69 Å². The van der Waals surface area contributed by atoms with E-state index in [9.17, 15) is 14.4 Å². The van der Waals surface area contributed by atoms with Gasteiger partial charge in [0.05, 0.1) is 10.6 Å². The number of carboxylic acid groups (broad SMARTS) is 1. The minimum atomic E-state index is -1.15. The number of halogens is 1. The Kier molecular flexibility index (Phi) is 3.39. The van der Waals surface area contributed by atoms with Crippen LogP contribution in [0.1, 0.15) is 20.8 Å². The first kappa shape index (κ1) is 12.9. The monoisotopic (exact) mass is 281 g/mol. The Morgan fingerprint density at radius 3 is 2.58 bits per heavy atom. The van der Waals surface area contributed by atoms with Gasteiger partial charge in [0.15, 0.2) is 0 Å². The van der Waals surface area contributed by atoms with Gasteiger partial charge < -0.3 is 20.4 Å². The molecule has 0 aliphatic carbocycles. The summed E-state index contributed by atoms with van der Waals surface area (Å²) in [7, 11) is 0. The van der Waals surface area contributed by atoms with E-state index in [1.807, 2.05) is 0 Å². The van der Waals surface area contributed by atoms with Gasteiger partial charge in [0, 0.05) is 11.9 Å². The predicted octanol–water partition coefficient (Wildman–Crippen LogP) is 1.31. The van der Waals surface area contributed by atoms with Gasteiger partial charge in [-0.1, -0.05) is 11.6 Å². The number of aromatic amines is 2. The molecule has 0 aliphatic rings. The van der Waals surface area contributed by atoms with E-state index in [2.05, 4.69) is 15.3 Å². The molecule has 0 aliphatic heterocycles. The number of imidazole rings is 1. The maximum atomic E-state index is 11.7. The van der Waals surface area contributed by atoms with Crippen molar-refractivity contribution in [2.24, 2.45) is 0 Å². The van der Waals surface area contributed by atoms with Gasteiger partial charge in [-0.15, -0.1) is 0 Å². The van der Waals surface area contributed by atoms with Crippen molar-refractivity contribution < 1.29 is 14.7 Å². The largest absolute Gasteiger partial charge is 0.478 e. The zero-order valence-electron chi connectivity index (χ0n) is 9.36. The number of carbonyl (C=O) groups is 2. The van der Waals surface area contributed by atoms with Gasteiger partial charge in [-0.25, -0.2) is 9.59 Å². The number of amides is 1. The van der Waals surface area contributed by atoms with E-state index >= 15 is 0 Å². The molecule has 1 heterocycles. The van der Waals surface area contributed by atoms with Gasteiger partial charge in [0.25, 0.3) is 5.91 Å². The average molecular weight is 282 g/mol. The fraction of sp³-hybridized carbons (Fsp3) is 0. The number of benzene rings is 1. The second-order valence-electron chi connectivity index (χ2n) is 3.61. The fourth-order valence-corrected chi connectivity index (χ4v) is 1.68. The van der Waals surface area contributed by atoms with Gasteiger partial charge in [0.1, 0.15) is 5.69 Å². The summed E-state index contributed by atoms with van der Waals surface area (Å²) in [5.41, 5.74) is -0.176. The minimum absolute atomic E-state index is 0.00728. The number of aromatic carboxylic acids is 1. The standard InChI is InChI=1S/C11H8ClN3O4/c12-7-3-5(1-2-6(7)10(17)18)14-9(16)8-4-13-11(19)15-8/h1-4H,(H,14,16)(H,17,18)(H2,13,15,19). The second-order valence-corrected chi connectivity index (χ2v) is 4.02. The molecule has 0 radical (unpaired) electrons. The first-order valence-corrected chi connectivity index (χ1v) is 5.47. The summed E-state index contributed by atoms with van der Waals surface area (Å²) < 4.78 is 0. The van der Waals surface area contributed by atoms with Crippen LogP contribution in [-0.4, -0.2) is 27.0 Å². The van der Waals surface area contributed by atoms with E-state index in [0.29, 0.717) is 5.69 Å². The summed E-state index contributed by atoms with van der Waals surface area (Å²) in [4.78, 5) is 37.9. The van der Waals surface area contributed by atoms with Crippen LogP contribution in [0.3, 0.4) is 0 Å². The molecule has 0 saturated heterocycles. The lowest BCUT2D eigenvalue weighted by atomic mass is 10.2. The number of nitrogens with one attached hydrogen (secondary N) is 3. The van der Waals surface area contributed by atoms with E-state index in [1.54, 1.807) is 0 Å². The van der Waals surface area contributed by atoms with Gasteiger partial charge in [-0.3, -0.25) is 4.79 Å². The third-order valence-electron chi connectivity index (χ3n) is 2.30. The van der Waals surface area contributed by atoms with Crippen molar-refractivity contribution in [1.29, 1.82) is 0 Å². The Labute approximate surface area is 111 Å². The summed E-state index contributed by atoms with van der Waals surface area (Å²) in [6.45, 7) is 0. The molecule has 2 aromatic rings. The van der Waals surface area contributed by atoms with Gasteiger partial charge >= 0.3 is 11.7 Å². The molecular formula is C11H8ClN3O4. The van der Waals surface area contributed by atoms with E-state index in [0.717, 1.165) is 0 Å². The van der Waals surface area contributed by atoms with Crippen molar-refractivity contribution >= 4 is 29.2 Å². The summed E-state index contributed by atoms with van der Waals surface area (Å²) in [6, 6.07) is 3.99. The third-order valence-corrected chi connectivity index (χ3v) is 2.61. The molecule has 2 rings (SSSR count). The van der Waals surface area contributed by atoms with Crippen molar-refractivity contribution in [3.63, 3.8) is 0 Å². The molecule has 4 N–H and O–H groups in total. The lowest BCUT2D eigenvalue weighted by Gasteiger charge is -2.05. The summed E-state index contributed by atoms with van der Waals surface area (Å²) >= 11 is 5.76. The number of rotatable bonds is 3. The summed E-state index contributed by atoms with van der Waals surface area (Å²) in [6.07, 6.45) is 1.23. The zero-order valence-corrected chi connectivity index (χ0v) is 10.1. The second kappa shape index (κ2) is 4.99. The van der Waals surface area contributed by atoms with Gasteiger partial charge in [-0.05, 0) is 18.2 Å². The normalized spacial score (nSPS) is 10.2. The maximum absolute atomic E-state index is 11.7. The number of aromatic nitrogens is 2. The van der Waals surface area contributed by atoms with Crippen LogP contribution in [0.25, 0.3) is 0 Å². The van der Waals surface area contributed by atoms with Gasteiger partial charge in [-0.2, -0.15) is 0 Å². The third kappa shape index (κ3) is 2.83. The van der Waals surface area contributed by atoms with E-state index < -0.39 is 17.6 Å². The molecule has 98 valence electrons. The first-order chi connectivity index (χ1) is 8.97. The highest BCUT2D eigenvalue weighted by atomic mass is 35.5. The average Bonchev–Trinajstić information content (AvgIpc) is 2.75. The zero-order chi connectivity index (χ0) is 14.0. The molecule has 8 heteroatoms. The van der Waals surface area contributed by atoms with Crippen molar-refractivity contribution in [3.05, 3.63) is 51.2 Å². The van der Waals surface area contributed by atoms with E-state index in [4.69, 9.17) is 16.7 Å². The number of carbonyl (C=O) groups excluding carboxylic acids is 1. The Morgan fingerprint density at radius 2 is 2.05 bits per heavy atom. The maximum Gasteiger partial charge on any atom is 0.337 e. The Bertz CT molecular complexity index is 704. The molecule has 1 aromatic carbocycles. The molecule has 0 bridgehead atoms. The topological polar surface area (TPSA) is 115 Å². The number of H-pyrrole nitrogens is 2. The van der Waals surface area contributed by atoms with Crippen molar-refractivity contribution in [2.75, 3.05) is 5.32 Å². The van der Waals surface area contributed by atoms with Gasteiger partial charge in [0.2, 0.25) is 0 Å². The Hall–Kier alpha value is -2.54. The highest BCUT2D eigenvalue weighted by Crippen LogP contribution is 2.21. The quantitative estimate of drug-likeness (QED) is 0.679. The van der Waals surface area contributed by atoms with Crippen LogP contribution in [0, 0.1) is 0 Å². The molecule has 1 aromatic heterocycles. The van der Waals surface area contributed by atoms with Crippen LogP contribution in [0.15, 0.2) is 29.2 Å². The lowest BCUT2D eigenvalue weighted by molar-refractivity contribution is 0.0697. The van der Waals surface area contributed by atoms with E-state index in [-0.39, 0.29) is 16.3 Å². The van der Waals surface area contributed by atoms with Crippen LogP contribution in [0.2, 0.25) is 5.02 Å². The number of carboxylic acids is 1. The summed E-state index contributed by atoms with van der Waals surface area (Å²) in [5.74, 6) is -1.70. The van der Waals surface area contributed by atoms with Crippen molar-refractivity contribution in [1.82, 2.24) is 9.97 Å². The lowest BCUT2D eigenvalue weighted by Crippen LogP contribution is -2.14. The number of hydrogen-bond donors (Lipinski definition) is 4. The highest BCUT2D eigenvalue weighted by molar-refractivity contribution is 6.33. The van der Waals surface area contributed by atoms with Crippen molar-refractivity contribution in [3.8, 4) is 0 Å². The predicted molar refractivity (Wildman–Crippen MR) is 67.8 cm³/mol. The molecule has 0 saturated carbocycles. The van der Waals surface area contributed by atoms with Crippen LogP contribution < -0.4 is 11.0 Å². The molecule has 0 spiro atoms. The molecule has 0 fully saturated rings. The van der Waals surface area contributed by atoms with Crippen LogP contribution in [-0.2, 0) is 0 Å². The SMILES string of the molecule is O=C(Nc1ccc(C(=O)O)c(Cl)c1)c1c[nH]c(=O)[nH]1. The Balaban J connectivity index is 2.20. The molecule has 19 heavy (non-hydrogen) atoms. The number of anilines is 1. The molecule has 1 amide bonds. The molecule has 0 unspecified atom stereocenters. The molecular weight excluding hydrogens is 274 g/mol. The molecule has 7 nitrogen and oxygen atoms in total. The fourth-order valence-electron chi connectivity index (χ4n) is 1.42.